The van der Waals surface area contributed by atoms with Gasteiger partial charge in [0.1, 0.15) is 0 Å². The van der Waals surface area contributed by atoms with E-state index in [0.29, 0.717) is 17.8 Å². The Kier molecular flexibility index (Phi) is 11.5. The lowest BCUT2D eigenvalue weighted by atomic mass is 10.1. The number of likely N-dealkylation sites (N-methyl/N-ethyl adjacent to an activating group) is 1. The zero-order chi connectivity index (χ0) is 13.5. The maximum atomic E-state index is 12.0. The van der Waals surface area contributed by atoms with E-state index in [4.69, 9.17) is 5.73 Å². The second-order valence-electron chi connectivity index (χ2n) is 4.36. The van der Waals surface area contributed by atoms with Crippen molar-refractivity contribution in [2.24, 2.45) is 0 Å². The Labute approximate surface area is 133 Å². The molecule has 0 spiro atoms. The number of aryl methyl sites for hydroxylation is 1. The van der Waals surface area contributed by atoms with Crippen LogP contribution in [0.3, 0.4) is 0 Å². The number of carbonyl (C=O) groups excluding carboxylic acids is 1. The van der Waals surface area contributed by atoms with Crippen molar-refractivity contribution in [1.29, 1.82) is 0 Å². The summed E-state index contributed by atoms with van der Waals surface area (Å²) in [6, 6.07) is 5.40. The molecule has 3 N–H and O–H groups in total. The van der Waals surface area contributed by atoms with Crippen LogP contribution in [0.1, 0.15) is 29.8 Å². The first-order chi connectivity index (χ1) is 8.58. The molecular formula is C14H25Cl2N3O. The maximum absolute atomic E-state index is 12.0. The van der Waals surface area contributed by atoms with Gasteiger partial charge in [-0.25, -0.2) is 0 Å². The first-order valence-corrected chi connectivity index (χ1v) is 6.45. The van der Waals surface area contributed by atoms with E-state index in [9.17, 15) is 4.79 Å². The van der Waals surface area contributed by atoms with Crippen LogP contribution in [-0.4, -0.2) is 37.0 Å². The van der Waals surface area contributed by atoms with E-state index in [2.05, 4.69) is 24.1 Å². The summed E-state index contributed by atoms with van der Waals surface area (Å²) < 4.78 is 0. The maximum Gasteiger partial charge on any atom is 0.251 e. The number of anilines is 1. The van der Waals surface area contributed by atoms with Crippen molar-refractivity contribution >= 4 is 36.4 Å². The number of benzene rings is 1. The molecule has 0 saturated carbocycles. The Morgan fingerprint density at radius 1 is 1.25 bits per heavy atom. The van der Waals surface area contributed by atoms with E-state index in [-0.39, 0.29) is 30.7 Å². The second kappa shape index (κ2) is 10.8. The lowest BCUT2D eigenvalue weighted by Gasteiger charge is -2.18. The first kappa shape index (κ1) is 21.3. The van der Waals surface area contributed by atoms with E-state index in [0.717, 1.165) is 25.2 Å². The summed E-state index contributed by atoms with van der Waals surface area (Å²) in [5.74, 6) is -0.0491. The molecule has 0 aliphatic heterocycles. The van der Waals surface area contributed by atoms with Crippen LogP contribution in [0, 0.1) is 6.92 Å². The van der Waals surface area contributed by atoms with Gasteiger partial charge < -0.3 is 16.0 Å². The van der Waals surface area contributed by atoms with E-state index in [1.807, 2.05) is 19.1 Å². The minimum absolute atomic E-state index is 0. The van der Waals surface area contributed by atoms with Crippen LogP contribution < -0.4 is 11.1 Å². The minimum atomic E-state index is -0.0491. The van der Waals surface area contributed by atoms with Gasteiger partial charge in [-0.15, -0.1) is 24.8 Å². The Morgan fingerprint density at radius 3 is 2.40 bits per heavy atom. The van der Waals surface area contributed by atoms with E-state index in [1.165, 1.54) is 0 Å². The highest BCUT2D eigenvalue weighted by atomic mass is 35.5. The van der Waals surface area contributed by atoms with Gasteiger partial charge in [0.15, 0.2) is 0 Å². The summed E-state index contributed by atoms with van der Waals surface area (Å²) in [6.07, 6.45) is 0. The number of nitrogens with zero attached hydrogens (tertiary/aromatic N) is 1. The van der Waals surface area contributed by atoms with Crippen LogP contribution in [0.4, 0.5) is 5.69 Å². The van der Waals surface area contributed by atoms with Crippen molar-refractivity contribution in [2.45, 2.75) is 20.8 Å². The minimum Gasteiger partial charge on any atom is -0.399 e. The lowest BCUT2D eigenvalue weighted by molar-refractivity contribution is 0.0948. The van der Waals surface area contributed by atoms with Gasteiger partial charge in [-0.05, 0) is 37.7 Å². The fourth-order valence-electron chi connectivity index (χ4n) is 1.85. The smallest absolute Gasteiger partial charge is 0.251 e. The molecule has 116 valence electrons. The SMILES string of the molecule is CCN(CC)CCNC(=O)c1cc(N)ccc1C.Cl.Cl. The quantitative estimate of drug-likeness (QED) is 0.791. The number of amides is 1. The molecule has 0 radical (unpaired) electrons. The topological polar surface area (TPSA) is 58.4 Å². The van der Waals surface area contributed by atoms with Gasteiger partial charge in [0, 0.05) is 24.3 Å². The summed E-state index contributed by atoms with van der Waals surface area (Å²) >= 11 is 0. The van der Waals surface area contributed by atoms with Crippen molar-refractivity contribution in [3.05, 3.63) is 29.3 Å². The van der Waals surface area contributed by atoms with Gasteiger partial charge in [-0.1, -0.05) is 19.9 Å². The molecule has 0 atom stereocenters. The number of hydrogen-bond acceptors (Lipinski definition) is 3. The molecule has 6 heteroatoms. The van der Waals surface area contributed by atoms with Crippen LogP contribution in [0.5, 0.6) is 0 Å². The Hall–Kier alpha value is -0.970. The molecule has 0 aromatic heterocycles. The Balaban J connectivity index is 0. The Bertz CT molecular complexity index is 409. The molecule has 0 aliphatic rings. The first-order valence-electron chi connectivity index (χ1n) is 6.45. The summed E-state index contributed by atoms with van der Waals surface area (Å²) in [4.78, 5) is 14.3. The molecule has 0 unspecified atom stereocenters. The van der Waals surface area contributed by atoms with Crippen molar-refractivity contribution < 1.29 is 4.79 Å². The summed E-state index contributed by atoms with van der Waals surface area (Å²) in [5.41, 5.74) is 7.93. The molecule has 1 aromatic carbocycles. The van der Waals surface area contributed by atoms with Gasteiger partial charge in [-0.3, -0.25) is 4.79 Å². The molecule has 20 heavy (non-hydrogen) atoms. The third-order valence-electron chi connectivity index (χ3n) is 3.11. The van der Waals surface area contributed by atoms with Crippen LogP contribution in [-0.2, 0) is 0 Å². The van der Waals surface area contributed by atoms with E-state index < -0.39 is 0 Å². The third-order valence-corrected chi connectivity index (χ3v) is 3.11. The van der Waals surface area contributed by atoms with Gasteiger partial charge in [0.2, 0.25) is 0 Å². The number of rotatable bonds is 6. The van der Waals surface area contributed by atoms with Crippen molar-refractivity contribution in [1.82, 2.24) is 10.2 Å². The van der Waals surface area contributed by atoms with E-state index in [1.54, 1.807) is 6.07 Å². The molecule has 1 aromatic rings. The van der Waals surface area contributed by atoms with Crippen LogP contribution >= 0.6 is 24.8 Å². The number of nitrogens with one attached hydrogen (secondary N) is 1. The van der Waals surface area contributed by atoms with Crippen molar-refractivity contribution in [3.63, 3.8) is 0 Å². The third kappa shape index (κ3) is 6.46. The van der Waals surface area contributed by atoms with Gasteiger partial charge in [0.05, 0.1) is 0 Å². The van der Waals surface area contributed by atoms with Gasteiger partial charge in [-0.2, -0.15) is 0 Å². The van der Waals surface area contributed by atoms with Crippen molar-refractivity contribution in [2.75, 3.05) is 31.9 Å². The summed E-state index contributed by atoms with van der Waals surface area (Å²) in [5, 5.41) is 2.93. The summed E-state index contributed by atoms with van der Waals surface area (Å²) in [6.45, 7) is 9.70. The molecule has 0 saturated heterocycles. The van der Waals surface area contributed by atoms with Crippen molar-refractivity contribution in [3.8, 4) is 0 Å². The molecule has 0 fully saturated rings. The predicted molar refractivity (Wildman–Crippen MR) is 90.2 cm³/mol. The highest BCUT2D eigenvalue weighted by molar-refractivity contribution is 5.96. The number of nitrogens with two attached hydrogens (primary N) is 1. The van der Waals surface area contributed by atoms with Crippen LogP contribution in [0.25, 0.3) is 0 Å². The average molecular weight is 322 g/mol. The zero-order valence-corrected chi connectivity index (χ0v) is 13.9. The largest absolute Gasteiger partial charge is 0.399 e. The number of nitrogen functional groups attached to an aromatic ring is 1. The monoisotopic (exact) mass is 321 g/mol. The number of hydrogen-bond donors (Lipinski definition) is 2. The predicted octanol–water partition coefficient (Wildman–Crippen LogP) is 2.49. The molecule has 0 bridgehead atoms. The zero-order valence-electron chi connectivity index (χ0n) is 12.3. The molecule has 1 rings (SSSR count). The highest BCUT2D eigenvalue weighted by Gasteiger charge is 2.09. The second-order valence-corrected chi connectivity index (χ2v) is 4.36. The molecule has 0 aliphatic carbocycles. The number of carbonyl (C=O) groups is 1. The molecule has 1 amide bonds. The fourth-order valence-corrected chi connectivity index (χ4v) is 1.85. The molecule has 4 nitrogen and oxygen atoms in total. The molecule has 0 heterocycles. The normalized spacial score (nSPS) is 9.60. The Morgan fingerprint density at radius 2 is 1.85 bits per heavy atom. The van der Waals surface area contributed by atoms with Gasteiger partial charge >= 0.3 is 0 Å². The number of halogens is 2. The van der Waals surface area contributed by atoms with Crippen LogP contribution in [0.2, 0.25) is 0 Å². The highest BCUT2D eigenvalue weighted by Crippen LogP contribution is 2.12. The van der Waals surface area contributed by atoms with Crippen LogP contribution in [0.15, 0.2) is 18.2 Å². The molecular weight excluding hydrogens is 297 g/mol. The van der Waals surface area contributed by atoms with E-state index >= 15 is 0 Å². The van der Waals surface area contributed by atoms with Gasteiger partial charge in [0.25, 0.3) is 5.91 Å². The standard InChI is InChI=1S/C14H23N3O.2ClH/c1-4-17(5-2)9-8-16-14(18)13-10-12(15)7-6-11(13)3;;/h6-7,10H,4-5,8-9,15H2,1-3H3,(H,16,18);2*1H. The lowest BCUT2D eigenvalue weighted by Crippen LogP contribution is -2.35. The average Bonchev–Trinajstić information content (AvgIpc) is 2.37. The summed E-state index contributed by atoms with van der Waals surface area (Å²) in [7, 11) is 0. The fraction of sp³-hybridized carbons (Fsp3) is 0.500.